The Balaban J connectivity index is 0.00000961. The number of aromatic hydroxyl groups is 3. The largest absolute Gasteiger partial charge is 0.508 e. The van der Waals surface area contributed by atoms with Gasteiger partial charge in [-0.1, -0.05) is 36.4 Å². The van der Waals surface area contributed by atoms with Gasteiger partial charge in [0.05, 0.1) is 0 Å². The summed E-state index contributed by atoms with van der Waals surface area (Å²) in [6, 6.07) is 38.1. The highest BCUT2D eigenvalue weighted by Gasteiger charge is 2.27. The predicted molar refractivity (Wildman–Crippen MR) is 336 cm³/mol. The molecule has 18 N–H and O–H groups in total. The van der Waals surface area contributed by atoms with Crippen LogP contribution in [-0.2, 0) is 14.4 Å². The highest BCUT2D eigenvalue weighted by atomic mass is 35.5. The summed E-state index contributed by atoms with van der Waals surface area (Å²) in [5.74, 6) is -3.04. The Morgan fingerprint density at radius 2 is 0.640 bits per heavy atom. The molecule has 0 aliphatic rings. The molecule has 6 amide bonds. The number of H-pyrrole nitrogens is 3. The monoisotopic (exact) mass is 1190 g/mol. The van der Waals surface area contributed by atoms with Gasteiger partial charge in [0, 0.05) is 55.7 Å². The Morgan fingerprint density at radius 1 is 0.372 bits per heavy atom. The highest BCUT2D eigenvalue weighted by Crippen LogP contribution is 2.35. The molecule has 0 saturated heterocycles. The summed E-state index contributed by atoms with van der Waals surface area (Å²) in [4.78, 5) is 91.7. The average Bonchev–Trinajstić information content (AvgIpc) is 4.23. The van der Waals surface area contributed by atoms with Crippen LogP contribution in [0.15, 0.2) is 146 Å². The van der Waals surface area contributed by atoms with Gasteiger partial charge in [0.2, 0.25) is 17.7 Å². The molecular weight excluding hydrogens is 1120 g/mol. The first-order chi connectivity index (χ1) is 41.1. The zero-order valence-corrected chi connectivity index (χ0v) is 47.9. The lowest BCUT2D eigenvalue weighted by atomic mass is 9.85. The van der Waals surface area contributed by atoms with Crippen molar-refractivity contribution in [1.29, 1.82) is 0 Å². The number of nitrogens with one attached hydrogen (secondary N) is 9. The van der Waals surface area contributed by atoms with E-state index >= 15 is 0 Å². The molecule has 9 aromatic rings. The lowest BCUT2D eigenvalue weighted by Gasteiger charge is -2.22. The number of unbranched alkanes of at least 4 members (excludes halogenated alkanes) is 3. The number of hydrogen-bond donors (Lipinski definition) is 15. The summed E-state index contributed by atoms with van der Waals surface area (Å²) in [6.45, 7) is 1.25. The Labute approximate surface area is 501 Å². The Morgan fingerprint density at radius 3 is 0.895 bits per heavy atom. The fraction of sp³-hybridized carbons (Fsp3) is 0.250. The molecule has 6 aromatic carbocycles. The standard InChI is InChI=1S/C64H70N12O9.ClH/c65-28-4-1-7-52(74-62(83)55-34-40-31-46(77)22-25-49(40)71-55)59(80)68-43-16-10-37(11-17-43)58(38-12-18-44(19-13-38)69-60(81)53(8-2-5-29-66)75-63(84)56-35-41-32-47(78)23-26-50(41)72-56)39-14-20-45(21-15-39)70-61(82)54(9-3-6-30-67)76-64(85)57-36-42-33-48(79)24-27-51(42)73-57;/h10-27,31-36,52-54,58,71-73,77-79H,1-9,28-30,65-67H2,(H,68,80)(H,69,81)(H,70,82)(H,74,83)(H,75,84)(H,76,85);1H/t52-,53-,54-;/m1./s1. The van der Waals surface area contributed by atoms with Gasteiger partial charge in [0.15, 0.2) is 0 Å². The first kappa shape index (κ1) is 62.4. The lowest BCUT2D eigenvalue weighted by molar-refractivity contribution is -0.118. The fourth-order valence-electron chi connectivity index (χ4n) is 10.3. The lowest BCUT2D eigenvalue weighted by Crippen LogP contribution is -2.44. The van der Waals surface area contributed by atoms with Gasteiger partial charge in [-0.05, 0) is 203 Å². The first-order valence-electron chi connectivity index (χ1n) is 28.4. The minimum atomic E-state index is -0.911. The summed E-state index contributed by atoms with van der Waals surface area (Å²) in [6.07, 6.45) is 4.65. The van der Waals surface area contributed by atoms with E-state index in [9.17, 15) is 44.1 Å². The van der Waals surface area contributed by atoms with Crippen LogP contribution in [0.4, 0.5) is 17.1 Å². The number of hydrogen-bond acceptors (Lipinski definition) is 12. The average molecular weight is 1190 g/mol. The van der Waals surface area contributed by atoms with Gasteiger partial charge in [0.1, 0.15) is 52.5 Å². The molecule has 0 fully saturated rings. The molecule has 0 spiro atoms. The molecule has 0 bridgehead atoms. The quantitative estimate of drug-likeness (QED) is 0.0170. The number of fused-ring (bicyclic) bond motifs is 3. The zero-order chi connectivity index (χ0) is 60.0. The second kappa shape index (κ2) is 29.2. The number of phenolic OH excluding ortho intramolecular Hbond substituents is 3. The third-order valence-electron chi connectivity index (χ3n) is 14.8. The van der Waals surface area contributed by atoms with E-state index in [1.165, 1.54) is 36.4 Å². The number of anilines is 3. The predicted octanol–water partition coefficient (Wildman–Crippen LogP) is 8.45. The number of carbonyl (C=O) groups is 6. The topological polar surface area (TPSA) is 361 Å². The van der Waals surface area contributed by atoms with E-state index in [2.05, 4.69) is 46.9 Å². The van der Waals surface area contributed by atoms with Crippen molar-refractivity contribution in [3.05, 3.63) is 179 Å². The van der Waals surface area contributed by atoms with E-state index in [1.807, 2.05) is 36.4 Å². The molecule has 0 aliphatic heterocycles. The van der Waals surface area contributed by atoms with E-state index in [4.69, 9.17) is 17.2 Å². The van der Waals surface area contributed by atoms with Crippen LogP contribution in [0.2, 0.25) is 0 Å². The third kappa shape index (κ3) is 15.9. The number of halogens is 1. The maximum atomic E-state index is 14.0. The first-order valence-corrected chi connectivity index (χ1v) is 28.4. The number of amides is 6. The van der Waals surface area contributed by atoms with Gasteiger partial charge < -0.3 is 79.4 Å². The van der Waals surface area contributed by atoms with E-state index in [0.29, 0.717) is 127 Å². The SMILES string of the molecule is Cl.NCCCC[C@@H](NC(=O)c1cc2cc(O)ccc2[nH]1)C(=O)Nc1ccc(C(c2ccc(NC(=O)[C@@H](CCCCN)NC(=O)c3cc4cc(O)ccc4[nH]3)cc2)c2ccc(NC(=O)[C@@H](CCCCN)NC(=O)c3cc4cc(O)ccc4[nH]3)cc2)cc1. The molecule has 3 aromatic heterocycles. The van der Waals surface area contributed by atoms with Crippen LogP contribution < -0.4 is 49.1 Å². The number of rotatable bonds is 27. The van der Waals surface area contributed by atoms with Crippen LogP contribution in [0.25, 0.3) is 32.7 Å². The minimum absolute atomic E-state index is 0. The Bertz CT molecular complexity index is 3430. The van der Waals surface area contributed by atoms with Crippen molar-refractivity contribution in [2.75, 3.05) is 35.6 Å². The second-order valence-corrected chi connectivity index (χ2v) is 21.1. The van der Waals surface area contributed by atoms with Crippen LogP contribution in [0, 0.1) is 0 Å². The molecule has 9 rings (SSSR count). The van der Waals surface area contributed by atoms with Crippen molar-refractivity contribution < 1.29 is 44.1 Å². The Kier molecular flexibility index (Phi) is 21.2. The summed E-state index contributed by atoms with van der Waals surface area (Å²) in [5.41, 5.74) is 23.9. The fourth-order valence-corrected chi connectivity index (χ4v) is 10.3. The molecular formula is C64H71ClN12O9. The summed E-state index contributed by atoms with van der Waals surface area (Å²) in [5, 5.41) is 49.3. The summed E-state index contributed by atoms with van der Waals surface area (Å²) >= 11 is 0. The molecule has 3 heterocycles. The van der Waals surface area contributed by atoms with Gasteiger partial charge in [-0.3, -0.25) is 28.8 Å². The van der Waals surface area contributed by atoms with Gasteiger partial charge >= 0.3 is 0 Å². The third-order valence-corrected chi connectivity index (χ3v) is 14.8. The number of carbonyl (C=O) groups excluding carboxylic acids is 6. The van der Waals surface area contributed by atoms with Gasteiger partial charge in [-0.2, -0.15) is 0 Å². The van der Waals surface area contributed by atoms with Crippen molar-refractivity contribution in [2.45, 2.75) is 81.8 Å². The van der Waals surface area contributed by atoms with Crippen molar-refractivity contribution in [2.24, 2.45) is 17.2 Å². The normalized spacial score (nSPS) is 12.3. The summed E-state index contributed by atoms with van der Waals surface area (Å²) < 4.78 is 0. The molecule has 0 saturated carbocycles. The second-order valence-electron chi connectivity index (χ2n) is 21.1. The highest BCUT2D eigenvalue weighted by molar-refractivity contribution is 6.05. The van der Waals surface area contributed by atoms with E-state index in [-0.39, 0.29) is 46.7 Å². The van der Waals surface area contributed by atoms with Crippen molar-refractivity contribution >= 4 is 97.6 Å². The van der Waals surface area contributed by atoms with Gasteiger partial charge in [0.25, 0.3) is 17.7 Å². The molecule has 21 nitrogen and oxygen atoms in total. The summed E-state index contributed by atoms with van der Waals surface area (Å²) in [7, 11) is 0. The van der Waals surface area contributed by atoms with Crippen LogP contribution >= 0.6 is 12.4 Å². The van der Waals surface area contributed by atoms with Crippen molar-refractivity contribution in [1.82, 2.24) is 30.9 Å². The number of nitrogens with two attached hydrogens (primary N) is 3. The number of aromatic nitrogens is 3. The van der Waals surface area contributed by atoms with Crippen LogP contribution in [0.1, 0.15) is 112 Å². The molecule has 0 radical (unpaired) electrons. The van der Waals surface area contributed by atoms with Crippen LogP contribution in [-0.4, -0.2) is 103 Å². The maximum absolute atomic E-state index is 14.0. The number of benzene rings is 6. The van der Waals surface area contributed by atoms with Crippen molar-refractivity contribution in [3.63, 3.8) is 0 Å². The molecule has 0 aliphatic carbocycles. The zero-order valence-electron chi connectivity index (χ0n) is 47.1. The molecule has 0 unspecified atom stereocenters. The molecule has 86 heavy (non-hydrogen) atoms. The molecule has 448 valence electrons. The van der Waals surface area contributed by atoms with Gasteiger partial charge in [-0.25, -0.2) is 0 Å². The number of phenols is 3. The molecule has 3 atom stereocenters. The van der Waals surface area contributed by atoms with Gasteiger partial charge in [-0.15, -0.1) is 12.4 Å². The Hall–Kier alpha value is -9.67. The maximum Gasteiger partial charge on any atom is 0.268 e. The van der Waals surface area contributed by atoms with Crippen LogP contribution in [0.5, 0.6) is 17.2 Å². The molecule has 22 heteroatoms. The minimum Gasteiger partial charge on any atom is -0.508 e. The van der Waals surface area contributed by atoms with Crippen molar-refractivity contribution in [3.8, 4) is 17.2 Å². The number of aromatic amines is 3. The van der Waals surface area contributed by atoms with E-state index in [1.54, 1.807) is 72.8 Å². The van der Waals surface area contributed by atoms with Crippen LogP contribution in [0.3, 0.4) is 0 Å². The van der Waals surface area contributed by atoms with E-state index in [0.717, 1.165) is 16.7 Å². The smallest absolute Gasteiger partial charge is 0.268 e. The van der Waals surface area contributed by atoms with E-state index < -0.39 is 59.5 Å².